The first-order valence-electron chi connectivity index (χ1n) is 8.74. The van der Waals surface area contributed by atoms with Crippen molar-refractivity contribution in [1.82, 2.24) is 15.0 Å². The number of H-pyrrole nitrogens is 1. The monoisotopic (exact) mass is 404 g/mol. The molecule has 5 rings (SSSR count). The second kappa shape index (κ2) is 6.78. The number of ether oxygens (including phenoxy) is 4. The van der Waals surface area contributed by atoms with E-state index in [0.717, 1.165) is 0 Å². The van der Waals surface area contributed by atoms with Crippen molar-refractivity contribution >= 4 is 28.5 Å². The number of pyridine rings is 1. The fraction of sp³-hybridized carbons (Fsp3) is 0.333. The summed E-state index contributed by atoms with van der Waals surface area (Å²) in [5, 5.41) is 10.1. The fourth-order valence-electron chi connectivity index (χ4n) is 3.38. The van der Waals surface area contributed by atoms with Crippen LogP contribution in [0.3, 0.4) is 0 Å². The van der Waals surface area contributed by atoms with Crippen LogP contribution in [0, 0.1) is 0 Å². The van der Waals surface area contributed by atoms with E-state index in [4.69, 9.17) is 36.3 Å². The first-order chi connectivity index (χ1) is 13.6. The number of anilines is 1. The molecule has 2 aliphatic rings. The van der Waals surface area contributed by atoms with Gasteiger partial charge < -0.3 is 34.8 Å². The van der Waals surface area contributed by atoms with Gasteiger partial charge in [-0.15, -0.1) is 0 Å². The van der Waals surface area contributed by atoms with Crippen molar-refractivity contribution in [3.05, 3.63) is 35.4 Å². The summed E-state index contributed by atoms with van der Waals surface area (Å²) in [7, 11) is 0. The normalized spacial score (nSPS) is 26.5. The van der Waals surface area contributed by atoms with Crippen molar-refractivity contribution in [2.24, 2.45) is 0 Å². The van der Waals surface area contributed by atoms with Gasteiger partial charge in [0.2, 0.25) is 5.88 Å². The maximum absolute atomic E-state index is 9.82. The number of nitrogen functional groups attached to an aromatic ring is 1. The molecular formula is C18H17ClN4O5. The molecule has 2 aromatic heterocycles. The third-order valence-corrected chi connectivity index (χ3v) is 4.96. The zero-order valence-electron chi connectivity index (χ0n) is 14.5. The lowest BCUT2D eigenvalue weighted by Gasteiger charge is -2.15. The summed E-state index contributed by atoms with van der Waals surface area (Å²) in [6.07, 6.45) is -1.72. The number of rotatable bonds is 4. The van der Waals surface area contributed by atoms with Gasteiger partial charge in [0, 0.05) is 11.8 Å². The Balaban J connectivity index is 1.37. The standard InChI is InChI=1S/C18H17ClN4O5/c19-10-5-11-16(22-17(10)27-9-3-1-2-8(20)4-9)23-18(21-11)28-13-7-26-14-12(24)6-25-15(13)14/h1-5,12-15,24H,6-7,20H2,(H,21,22,23)/t12-,13-,14-,15-/m1/s1. The fourth-order valence-corrected chi connectivity index (χ4v) is 3.57. The van der Waals surface area contributed by atoms with E-state index in [1.165, 1.54) is 0 Å². The molecule has 0 bridgehead atoms. The first-order valence-corrected chi connectivity index (χ1v) is 9.12. The zero-order chi connectivity index (χ0) is 19.3. The molecule has 4 N–H and O–H groups in total. The molecule has 2 fully saturated rings. The number of nitrogens with two attached hydrogens (primary N) is 1. The van der Waals surface area contributed by atoms with Crippen LogP contribution >= 0.6 is 11.6 Å². The molecule has 4 heterocycles. The molecule has 0 saturated carbocycles. The molecule has 9 nitrogen and oxygen atoms in total. The number of aliphatic hydroxyl groups excluding tert-OH is 1. The van der Waals surface area contributed by atoms with Crippen LogP contribution in [0.5, 0.6) is 17.6 Å². The van der Waals surface area contributed by atoms with Gasteiger partial charge in [0.15, 0.2) is 11.8 Å². The molecule has 0 aliphatic carbocycles. The van der Waals surface area contributed by atoms with E-state index in [9.17, 15) is 5.11 Å². The third kappa shape index (κ3) is 3.12. The summed E-state index contributed by atoms with van der Waals surface area (Å²) in [5.74, 6) is 0.733. The summed E-state index contributed by atoms with van der Waals surface area (Å²) >= 11 is 6.29. The van der Waals surface area contributed by atoms with Crippen molar-refractivity contribution in [2.45, 2.75) is 24.4 Å². The van der Waals surface area contributed by atoms with Gasteiger partial charge in [-0.3, -0.25) is 0 Å². The van der Waals surface area contributed by atoms with Crippen LogP contribution in [0.15, 0.2) is 30.3 Å². The number of hydrogen-bond acceptors (Lipinski definition) is 8. The maximum Gasteiger partial charge on any atom is 0.296 e. The number of aromatic amines is 1. The average molecular weight is 405 g/mol. The number of nitrogens with one attached hydrogen (secondary N) is 1. The smallest absolute Gasteiger partial charge is 0.296 e. The van der Waals surface area contributed by atoms with E-state index in [-0.39, 0.29) is 36.8 Å². The lowest BCUT2D eigenvalue weighted by molar-refractivity contribution is 0.00706. The number of aliphatic hydroxyl groups is 1. The molecule has 1 aromatic carbocycles. The summed E-state index contributed by atoms with van der Waals surface area (Å²) < 4.78 is 22.7. The largest absolute Gasteiger partial charge is 0.456 e. The summed E-state index contributed by atoms with van der Waals surface area (Å²) in [5.41, 5.74) is 7.32. The second-order valence-corrected chi connectivity index (χ2v) is 7.09. The Labute approximate surface area is 164 Å². The minimum atomic E-state index is -0.638. The Kier molecular flexibility index (Phi) is 4.24. The number of imidazole rings is 1. The molecule has 0 radical (unpaired) electrons. The SMILES string of the molecule is Nc1cccc(Oc2nc3nc(O[C@@H]4CO[C@H]5[C@@H]4OC[C@H]5O)[nH]c3cc2Cl)c1. The maximum atomic E-state index is 9.82. The van der Waals surface area contributed by atoms with Gasteiger partial charge in [0.05, 0.1) is 18.7 Å². The molecule has 3 aromatic rings. The van der Waals surface area contributed by atoms with Crippen LogP contribution in [0.4, 0.5) is 5.69 Å². The van der Waals surface area contributed by atoms with E-state index in [1.54, 1.807) is 30.3 Å². The average Bonchev–Trinajstić information content (AvgIpc) is 3.33. The molecule has 146 valence electrons. The van der Waals surface area contributed by atoms with Crippen molar-refractivity contribution < 1.29 is 24.1 Å². The Morgan fingerprint density at radius 3 is 2.89 bits per heavy atom. The highest BCUT2D eigenvalue weighted by molar-refractivity contribution is 6.32. The van der Waals surface area contributed by atoms with Crippen LogP contribution in [-0.4, -0.2) is 57.7 Å². The zero-order valence-corrected chi connectivity index (χ0v) is 15.3. The predicted octanol–water partition coefficient (Wildman–Crippen LogP) is 1.89. The van der Waals surface area contributed by atoms with Crippen LogP contribution < -0.4 is 15.2 Å². The molecule has 0 amide bonds. The molecule has 28 heavy (non-hydrogen) atoms. The van der Waals surface area contributed by atoms with Gasteiger partial charge in [-0.05, 0) is 18.2 Å². The second-order valence-electron chi connectivity index (χ2n) is 6.68. The first kappa shape index (κ1) is 17.5. The highest BCUT2D eigenvalue weighted by Crippen LogP contribution is 2.33. The number of aromatic nitrogens is 3. The summed E-state index contributed by atoms with van der Waals surface area (Å²) in [6, 6.07) is 8.88. The summed E-state index contributed by atoms with van der Waals surface area (Å²) in [4.78, 5) is 11.7. The van der Waals surface area contributed by atoms with E-state index < -0.39 is 6.10 Å². The van der Waals surface area contributed by atoms with Crippen LogP contribution in [0.1, 0.15) is 0 Å². The number of benzene rings is 1. The van der Waals surface area contributed by atoms with Gasteiger partial charge in [0.1, 0.15) is 29.1 Å². The quantitative estimate of drug-likeness (QED) is 0.563. The van der Waals surface area contributed by atoms with Gasteiger partial charge in [0.25, 0.3) is 6.01 Å². The highest BCUT2D eigenvalue weighted by Gasteiger charge is 2.48. The van der Waals surface area contributed by atoms with Gasteiger partial charge in [-0.1, -0.05) is 17.7 Å². The number of nitrogens with zero attached hydrogens (tertiary/aromatic N) is 2. The molecule has 2 saturated heterocycles. The topological polar surface area (TPSA) is 125 Å². The molecule has 10 heteroatoms. The third-order valence-electron chi connectivity index (χ3n) is 4.69. The molecule has 2 aliphatic heterocycles. The van der Waals surface area contributed by atoms with Crippen LogP contribution in [0.2, 0.25) is 5.02 Å². The van der Waals surface area contributed by atoms with E-state index in [2.05, 4.69) is 15.0 Å². The van der Waals surface area contributed by atoms with E-state index in [1.807, 2.05) is 0 Å². The minimum absolute atomic E-state index is 0.212. The minimum Gasteiger partial charge on any atom is -0.456 e. The van der Waals surface area contributed by atoms with Crippen molar-refractivity contribution in [3.63, 3.8) is 0 Å². The highest BCUT2D eigenvalue weighted by atomic mass is 35.5. The number of hydrogen-bond donors (Lipinski definition) is 3. The van der Waals surface area contributed by atoms with Crippen molar-refractivity contribution in [1.29, 1.82) is 0 Å². The molecule has 0 spiro atoms. The number of halogens is 1. The predicted molar refractivity (Wildman–Crippen MR) is 99.7 cm³/mol. The van der Waals surface area contributed by atoms with E-state index in [0.29, 0.717) is 34.2 Å². The van der Waals surface area contributed by atoms with Crippen molar-refractivity contribution in [3.8, 4) is 17.6 Å². The lowest BCUT2D eigenvalue weighted by Crippen LogP contribution is -2.34. The van der Waals surface area contributed by atoms with Gasteiger partial charge in [-0.25, -0.2) is 0 Å². The van der Waals surface area contributed by atoms with E-state index >= 15 is 0 Å². The Morgan fingerprint density at radius 1 is 1.18 bits per heavy atom. The molecular weight excluding hydrogens is 388 g/mol. The Hall–Kier alpha value is -2.59. The molecule has 0 unspecified atom stereocenters. The van der Waals surface area contributed by atoms with Gasteiger partial charge >= 0.3 is 0 Å². The van der Waals surface area contributed by atoms with Crippen molar-refractivity contribution in [2.75, 3.05) is 18.9 Å². The van der Waals surface area contributed by atoms with Gasteiger partial charge in [-0.2, -0.15) is 9.97 Å². The number of fused-ring (bicyclic) bond motifs is 2. The van der Waals surface area contributed by atoms with Crippen LogP contribution in [-0.2, 0) is 9.47 Å². The Bertz CT molecular complexity index is 1030. The molecule has 4 atom stereocenters. The Morgan fingerprint density at radius 2 is 2.04 bits per heavy atom. The summed E-state index contributed by atoms with van der Waals surface area (Å²) in [6.45, 7) is 0.540. The lowest BCUT2D eigenvalue weighted by atomic mass is 10.1. The van der Waals surface area contributed by atoms with Crippen LogP contribution in [0.25, 0.3) is 11.2 Å².